The summed E-state index contributed by atoms with van der Waals surface area (Å²) in [5.74, 6) is 1.30. The minimum atomic E-state index is -0.498. The van der Waals surface area contributed by atoms with Crippen molar-refractivity contribution in [3.05, 3.63) is 119 Å². The molecule has 1 aliphatic carbocycles. The maximum atomic E-state index is 12.1. The summed E-state index contributed by atoms with van der Waals surface area (Å²) in [6.07, 6.45) is 1.79. The fourth-order valence-corrected chi connectivity index (χ4v) is 5.86. The Bertz CT molecular complexity index is 1400. The number of hydrogen-bond donors (Lipinski definition) is 0. The summed E-state index contributed by atoms with van der Waals surface area (Å²) < 4.78 is 22.3. The normalized spacial score (nSPS) is 13.6. The molecule has 0 saturated heterocycles. The Morgan fingerprint density at radius 2 is 1.17 bits per heavy atom. The monoisotopic (exact) mass is 550 g/mol. The molecule has 0 N–H and O–H groups in total. The molecule has 4 aromatic rings. The number of methoxy groups -OCH3 is 1. The van der Waals surface area contributed by atoms with Gasteiger partial charge in [0.1, 0.15) is 31.3 Å². The minimum Gasteiger partial charge on any atom is -0.491 e. The van der Waals surface area contributed by atoms with Crippen molar-refractivity contribution >= 4 is 5.97 Å². The molecule has 0 fully saturated rings. The molecular formula is C36H38O5. The molecule has 4 aromatic carbocycles. The van der Waals surface area contributed by atoms with Crippen molar-refractivity contribution in [3.63, 3.8) is 0 Å². The highest BCUT2D eigenvalue weighted by molar-refractivity contribution is 5.86. The Morgan fingerprint density at radius 3 is 1.66 bits per heavy atom. The molecule has 0 spiro atoms. The molecule has 1 atom stereocenters. The van der Waals surface area contributed by atoms with Crippen molar-refractivity contribution in [3.8, 4) is 22.6 Å². The van der Waals surface area contributed by atoms with Gasteiger partial charge in [-0.2, -0.15) is 0 Å². The summed E-state index contributed by atoms with van der Waals surface area (Å²) in [6, 6.07) is 34.0. The lowest BCUT2D eigenvalue weighted by Gasteiger charge is -2.34. The standard InChI is InChI=1S/C36H38O5/c1-4-9-26(2)35(37)41-25-24-40-30-20-16-28(17-21-30)36(27-14-18-29(19-15-27)39-23-22-38-3)33-12-7-5-10-31(33)32-11-6-8-13-34(32)36/h5-8,10-21,26H,4,9,22-25H2,1-3H3. The van der Waals surface area contributed by atoms with Crippen LogP contribution < -0.4 is 9.47 Å². The number of carbonyl (C=O) groups excluding carboxylic acids is 1. The number of ether oxygens (including phenoxy) is 4. The number of hydrogen-bond acceptors (Lipinski definition) is 5. The van der Waals surface area contributed by atoms with Crippen LogP contribution in [0.1, 0.15) is 48.9 Å². The minimum absolute atomic E-state index is 0.0846. The zero-order valence-corrected chi connectivity index (χ0v) is 24.1. The van der Waals surface area contributed by atoms with Crippen molar-refractivity contribution in [2.24, 2.45) is 5.92 Å². The topological polar surface area (TPSA) is 54.0 Å². The van der Waals surface area contributed by atoms with E-state index in [4.69, 9.17) is 18.9 Å². The number of esters is 1. The fourth-order valence-electron chi connectivity index (χ4n) is 5.86. The first-order chi connectivity index (χ1) is 20.1. The van der Waals surface area contributed by atoms with Gasteiger partial charge in [-0.3, -0.25) is 4.79 Å². The highest BCUT2D eigenvalue weighted by atomic mass is 16.6. The molecular weight excluding hydrogens is 512 g/mol. The van der Waals surface area contributed by atoms with Gasteiger partial charge in [-0.25, -0.2) is 0 Å². The third kappa shape index (κ3) is 5.73. The molecule has 0 amide bonds. The van der Waals surface area contributed by atoms with Gasteiger partial charge < -0.3 is 18.9 Å². The molecule has 0 radical (unpaired) electrons. The average molecular weight is 551 g/mol. The molecule has 0 aromatic heterocycles. The summed E-state index contributed by atoms with van der Waals surface area (Å²) in [6.45, 7) is 5.57. The van der Waals surface area contributed by atoms with Gasteiger partial charge in [-0.1, -0.05) is 93.1 Å². The van der Waals surface area contributed by atoms with Crippen LogP contribution in [0.4, 0.5) is 0 Å². The van der Waals surface area contributed by atoms with Crippen LogP contribution in [0.25, 0.3) is 11.1 Å². The summed E-state index contributed by atoms with van der Waals surface area (Å²) in [4.78, 5) is 12.1. The Kier molecular flexibility index (Phi) is 9.05. The van der Waals surface area contributed by atoms with E-state index in [-0.39, 0.29) is 18.5 Å². The van der Waals surface area contributed by atoms with Gasteiger partial charge in [0, 0.05) is 7.11 Å². The maximum Gasteiger partial charge on any atom is 0.308 e. The predicted octanol–water partition coefficient (Wildman–Crippen LogP) is 7.43. The van der Waals surface area contributed by atoms with E-state index >= 15 is 0 Å². The van der Waals surface area contributed by atoms with Gasteiger partial charge >= 0.3 is 5.97 Å². The Hall–Kier alpha value is -4.09. The molecule has 1 unspecified atom stereocenters. The molecule has 0 aliphatic heterocycles. The van der Waals surface area contributed by atoms with E-state index in [2.05, 4.69) is 79.7 Å². The third-order valence-electron chi connectivity index (χ3n) is 7.80. The average Bonchev–Trinajstić information content (AvgIpc) is 3.31. The van der Waals surface area contributed by atoms with Gasteiger partial charge in [0.15, 0.2) is 0 Å². The summed E-state index contributed by atoms with van der Waals surface area (Å²) in [7, 11) is 1.67. The van der Waals surface area contributed by atoms with Crippen LogP contribution in [0.5, 0.6) is 11.5 Å². The second-order valence-electron chi connectivity index (χ2n) is 10.4. The lowest BCUT2D eigenvalue weighted by Crippen LogP contribution is -2.28. The van der Waals surface area contributed by atoms with E-state index in [1.807, 2.05) is 31.2 Å². The van der Waals surface area contributed by atoms with Crippen molar-refractivity contribution in [2.45, 2.75) is 32.1 Å². The van der Waals surface area contributed by atoms with E-state index in [1.165, 1.54) is 22.3 Å². The van der Waals surface area contributed by atoms with Crippen LogP contribution in [-0.4, -0.2) is 39.5 Å². The quantitative estimate of drug-likeness (QED) is 0.113. The van der Waals surface area contributed by atoms with Crippen molar-refractivity contribution < 1.29 is 23.7 Å². The molecule has 0 heterocycles. The summed E-state index contributed by atoms with van der Waals surface area (Å²) in [5.41, 5.74) is 6.78. The predicted molar refractivity (Wildman–Crippen MR) is 162 cm³/mol. The molecule has 5 nitrogen and oxygen atoms in total. The first-order valence-corrected chi connectivity index (χ1v) is 14.4. The summed E-state index contributed by atoms with van der Waals surface area (Å²) in [5, 5.41) is 0. The lowest BCUT2D eigenvalue weighted by atomic mass is 9.68. The molecule has 5 rings (SSSR count). The number of fused-ring (bicyclic) bond motifs is 3. The first kappa shape index (κ1) is 28.4. The van der Waals surface area contributed by atoms with Crippen molar-refractivity contribution in [1.29, 1.82) is 0 Å². The van der Waals surface area contributed by atoms with Gasteiger partial charge in [-0.15, -0.1) is 0 Å². The van der Waals surface area contributed by atoms with Crippen LogP contribution in [0.15, 0.2) is 97.1 Å². The van der Waals surface area contributed by atoms with Gasteiger partial charge in [0.2, 0.25) is 0 Å². The molecule has 0 bridgehead atoms. The third-order valence-corrected chi connectivity index (χ3v) is 7.80. The van der Waals surface area contributed by atoms with E-state index in [0.717, 1.165) is 35.5 Å². The van der Waals surface area contributed by atoms with Gasteiger partial charge in [0.05, 0.1) is 17.9 Å². The van der Waals surface area contributed by atoms with Crippen LogP contribution in [-0.2, 0) is 19.7 Å². The fraction of sp³-hybridized carbons (Fsp3) is 0.306. The highest BCUT2D eigenvalue weighted by Crippen LogP contribution is 2.56. The molecule has 5 heteroatoms. The van der Waals surface area contributed by atoms with Crippen LogP contribution in [0.2, 0.25) is 0 Å². The van der Waals surface area contributed by atoms with E-state index in [0.29, 0.717) is 19.8 Å². The Morgan fingerprint density at radius 1 is 0.683 bits per heavy atom. The molecule has 1 aliphatic rings. The van der Waals surface area contributed by atoms with E-state index in [9.17, 15) is 4.79 Å². The molecule has 0 saturated carbocycles. The van der Waals surface area contributed by atoms with E-state index in [1.54, 1.807) is 7.11 Å². The van der Waals surface area contributed by atoms with Crippen molar-refractivity contribution in [1.82, 2.24) is 0 Å². The second kappa shape index (κ2) is 13.0. The highest BCUT2D eigenvalue weighted by Gasteiger charge is 2.45. The number of rotatable bonds is 13. The molecule has 212 valence electrons. The lowest BCUT2D eigenvalue weighted by molar-refractivity contribution is -0.148. The number of benzene rings is 4. The molecule has 41 heavy (non-hydrogen) atoms. The second-order valence-corrected chi connectivity index (χ2v) is 10.4. The van der Waals surface area contributed by atoms with Crippen molar-refractivity contribution in [2.75, 3.05) is 33.5 Å². The summed E-state index contributed by atoms with van der Waals surface area (Å²) >= 11 is 0. The van der Waals surface area contributed by atoms with Gasteiger partial charge in [0.25, 0.3) is 0 Å². The Balaban J connectivity index is 1.45. The van der Waals surface area contributed by atoms with E-state index < -0.39 is 5.41 Å². The van der Waals surface area contributed by atoms with Crippen LogP contribution in [0, 0.1) is 5.92 Å². The van der Waals surface area contributed by atoms with Crippen LogP contribution in [0.3, 0.4) is 0 Å². The zero-order chi connectivity index (χ0) is 28.7. The zero-order valence-electron chi connectivity index (χ0n) is 24.1. The Labute approximate surface area is 243 Å². The largest absolute Gasteiger partial charge is 0.491 e. The van der Waals surface area contributed by atoms with Crippen LogP contribution >= 0.6 is 0 Å². The number of carbonyl (C=O) groups is 1. The smallest absolute Gasteiger partial charge is 0.308 e. The van der Waals surface area contributed by atoms with Gasteiger partial charge in [-0.05, 0) is 64.1 Å². The SMILES string of the molecule is CCCC(C)C(=O)OCCOc1ccc(C2(c3ccc(OCCOC)cc3)c3ccccc3-c3ccccc32)cc1. The first-order valence-electron chi connectivity index (χ1n) is 14.4. The maximum absolute atomic E-state index is 12.1.